The molecule has 4 aromatic rings. The predicted octanol–water partition coefficient (Wildman–Crippen LogP) is 4.25. The summed E-state index contributed by atoms with van der Waals surface area (Å²) in [7, 11) is -1.83. The fourth-order valence-electron chi connectivity index (χ4n) is 3.30. The van der Waals surface area contributed by atoms with Gasteiger partial charge < -0.3 is 0 Å². The lowest BCUT2D eigenvalue weighted by atomic mass is 10.1. The summed E-state index contributed by atoms with van der Waals surface area (Å²) >= 11 is 1.37. The highest BCUT2D eigenvalue weighted by atomic mass is 32.2. The summed E-state index contributed by atoms with van der Waals surface area (Å²) in [6, 6.07) is 12.7. The Morgan fingerprint density at radius 2 is 2.03 bits per heavy atom. The number of rotatable bonds is 8. The van der Waals surface area contributed by atoms with Crippen LogP contribution in [0, 0.1) is 0 Å². The smallest absolute Gasteiger partial charge is 0.234 e. The third-order valence-electron chi connectivity index (χ3n) is 5.07. The first-order chi connectivity index (χ1) is 14.9. The highest BCUT2D eigenvalue weighted by Gasteiger charge is 2.20. The minimum absolute atomic E-state index is 0.108. The van der Waals surface area contributed by atoms with Crippen molar-refractivity contribution in [1.82, 2.24) is 14.6 Å². The van der Waals surface area contributed by atoms with Gasteiger partial charge in [-0.05, 0) is 36.1 Å². The van der Waals surface area contributed by atoms with Gasteiger partial charge in [0.25, 0.3) is 0 Å². The summed E-state index contributed by atoms with van der Waals surface area (Å²) in [5.41, 5.74) is 2.96. The van der Waals surface area contributed by atoms with E-state index in [4.69, 9.17) is 0 Å². The monoisotopic (exact) mass is 454 g/mol. The molecular formula is C22H22N4O3S2. The van der Waals surface area contributed by atoms with Crippen LogP contribution in [0.15, 0.2) is 60.2 Å². The van der Waals surface area contributed by atoms with Gasteiger partial charge in [-0.3, -0.25) is 9.10 Å². The maximum atomic E-state index is 12.8. The van der Waals surface area contributed by atoms with Crippen LogP contribution in [0.25, 0.3) is 16.9 Å². The number of aromatic nitrogens is 3. The van der Waals surface area contributed by atoms with Crippen LogP contribution < -0.4 is 4.31 Å². The largest absolute Gasteiger partial charge is 0.287 e. The van der Waals surface area contributed by atoms with Crippen molar-refractivity contribution >= 4 is 38.5 Å². The Bertz CT molecular complexity index is 1330. The number of anilines is 1. The zero-order valence-corrected chi connectivity index (χ0v) is 18.9. The molecule has 160 valence electrons. The van der Waals surface area contributed by atoms with E-state index in [1.807, 2.05) is 30.5 Å². The highest BCUT2D eigenvalue weighted by Crippen LogP contribution is 2.27. The maximum Gasteiger partial charge on any atom is 0.234 e. The van der Waals surface area contributed by atoms with Crippen LogP contribution in [0.4, 0.5) is 5.69 Å². The fourth-order valence-corrected chi connectivity index (χ4v) is 5.34. The van der Waals surface area contributed by atoms with Gasteiger partial charge in [-0.2, -0.15) is 5.10 Å². The molecule has 31 heavy (non-hydrogen) atoms. The molecule has 0 fully saturated rings. The predicted molar refractivity (Wildman–Crippen MR) is 123 cm³/mol. The third kappa shape index (κ3) is 4.11. The second kappa shape index (κ2) is 8.60. The van der Waals surface area contributed by atoms with Gasteiger partial charge in [0.1, 0.15) is 0 Å². The van der Waals surface area contributed by atoms with Crippen molar-refractivity contribution < 1.29 is 13.2 Å². The van der Waals surface area contributed by atoms with Crippen LogP contribution in [0.3, 0.4) is 0 Å². The molecule has 0 aliphatic carbocycles. The number of unbranched alkanes of at least 4 members (excludes halogenated alkanes) is 1. The molecule has 4 rings (SSSR count). The van der Waals surface area contributed by atoms with E-state index in [-0.39, 0.29) is 11.5 Å². The second-order valence-electron chi connectivity index (χ2n) is 7.12. The molecule has 7 nitrogen and oxygen atoms in total. The number of hydrogen-bond donors (Lipinski definition) is 0. The molecule has 9 heteroatoms. The quantitative estimate of drug-likeness (QED) is 0.372. The summed E-state index contributed by atoms with van der Waals surface area (Å²) in [5, 5.41) is 6.25. The van der Waals surface area contributed by atoms with Crippen molar-refractivity contribution in [3.8, 4) is 11.3 Å². The van der Waals surface area contributed by atoms with Crippen molar-refractivity contribution in [1.29, 1.82) is 0 Å². The summed E-state index contributed by atoms with van der Waals surface area (Å²) in [5.74, 6) is -0.0120. The lowest BCUT2D eigenvalue weighted by Crippen LogP contribution is -2.28. The minimum Gasteiger partial charge on any atom is -0.287 e. The summed E-state index contributed by atoms with van der Waals surface area (Å²) in [6.07, 6.45) is 4.59. The average Bonchev–Trinajstić information content (AvgIpc) is 3.47. The number of sulfonamides is 1. The Labute approximate surface area is 185 Å². The normalized spacial score (nSPS) is 11.7. The molecule has 0 saturated carbocycles. The number of carbonyl (C=O) groups excluding carboxylic acids is 1. The van der Waals surface area contributed by atoms with Gasteiger partial charge in [0.2, 0.25) is 15.8 Å². The molecule has 0 bridgehead atoms. The number of ketones is 1. The van der Waals surface area contributed by atoms with Gasteiger partial charge in [-0.25, -0.2) is 17.9 Å². The van der Waals surface area contributed by atoms with Gasteiger partial charge in [0, 0.05) is 18.8 Å². The first kappa shape index (κ1) is 21.2. The molecule has 0 atom stereocenters. The van der Waals surface area contributed by atoms with E-state index in [0.717, 1.165) is 17.7 Å². The van der Waals surface area contributed by atoms with Gasteiger partial charge in [-0.15, -0.1) is 11.3 Å². The average molecular weight is 455 g/mol. The number of fused-ring (bicyclic) bond motifs is 1. The maximum absolute atomic E-state index is 12.8. The van der Waals surface area contributed by atoms with Crippen LogP contribution in [-0.4, -0.2) is 41.6 Å². The van der Waals surface area contributed by atoms with E-state index in [9.17, 15) is 13.2 Å². The third-order valence-corrected chi connectivity index (χ3v) is 7.79. The van der Waals surface area contributed by atoms with Crippen LogP contribution in [0.5, 0.6) is 0 Å². The van der Waals surface area contributed by atoms with Crippen molar-refractivity contribution in [2.45, 2.75) is 19.8 Å². The standard InChI is InChI=1S/C22H22N4O3S2/c1-3-4-13-31(28,29)25(2)17-8-5-7-16(14-17)19-10-11-23-22-18(15-24-26(19)22)21(27)20-9-6-12-30-20/h5-12,14-15H,3-4,13H2,1-2H3. The van der Waals surface area contributed by atoms with Crippen molar-refractivity contribution in [2.24, 2.45) is 0 Å². The van der Waals surface area contributed by atoms with Gasteiger partial charge >= 0.3 is 0 Å². The lowest BCUT2D eigenvalue weighted by Gasteiger charge is -2.20. The van der Waals surface area contributed by atoms with Crippen LogP contribution in [-0.2, 0) is 10.0 Å². The molecule has 0 radical (unpaired) electrons. The van der Waals surface area contributed by atoms with E-state index < -0.39 is 10.0 Å². The Morgan fingerprint density at radius 1 is 1.19 bits per heavy atom. The van der Waals surface area contributed by atoms with Crippen LogP contribution in [0.1, 0.15) is 35.0 Å². The summed E-state index contributed by atoms with van der Waals surface area (Å²) < 4.78 is 28.1. The molecule has 0 N–H and O–H groups in total. The van der Waals surface area contributed by atoms with E-state index in [2.05, 4.69) is 10.1 Å². The van der Waals surface area contributed by atoms with Crippen molar-refractivity contribution in [3.05, 3.63) is 70.7 Å². The zero-order valence-electron chi connectivity index (χ0n) is 17.2. The topological polar surface area (TPSA) is 84.6 Å². The van der Waals surface area contributed by atoms with Crippen molar-refractivity contribution in [3.63, 3.8) is 0 Å². The molecule has 0 amide bonds. The first-order valence-electron chi connectivity index (χ1n) is 9.90. The molecule has 0 spiro atoms. The molecule has 0 aliphatic rings. The van der Waals surface area contributed by atoms with E-state index in [0.29, 0.717) is 28.2 Å². The molecule has 3 aromatic heterocycles. The van der Waals surface area contributed by atoms with Gasteiger partial charge in [-0.1, -0.05) is 31.5 Å². The van der Waals surface area contributed by atoms with E-state index in [1.54, 1.807) is 42.0 Å². The number of nitrogens with zero attached hydrogens (tertiary/aromatic N) is 4. The first-order valence-corrected chi connectivity index (χ1v) is 12.4. The molecule has 3 heterocycles. The number of hydrogen-bond acceptors (Lipinski definition) is 6. The van der Waals surface area contributed by atoms with Crippen LogP contribution >= 0.6 is 11.3 Å². The molecular weight excluding hydrogens is 432 g/mol. The minimum atomic E-state index is -3.39. The van der Waals surface area contributed by atoms with Crippen LogP contribution in [0.2, 0.25) is 0 Å². The Balaban J connectivity index is 1.73. The molecule has 0 aliphatic heterocycles. The molecule has 0 unspecified atom stereocenters. The summed E-state index contributed by atoms with van der Waals surface area (Å²) in [4.78, 5) is 17.8. The Hall–Kier alpha value is -3.04. The fraction of sp³-hybridized carbons (Fsp3) is 0.227. The van der Waals surface area contributed by atoms with E-state index in [1.165, 1.54) is 21.8 Å². The second-order valence-corrected chi connectivity index (χ2v) is 10.2. The Kier molecular flexibility index (Phi) is 5.88. The number of thiophene rings is 1. The summed E-state index contributed by atoms with van der Waals surface area (Å²) in [6.45, 7) is 1.96. The molecule has 1 aromatic carbocycles. The van der Waals surface area contributed by atoms with Crippen molar-refractivity contribution in [2.75, 3.05) is 17.1 Å². The lowest BCUT2D eigenvalue weighted by molar-refractivity contribution is 0.104. The van der Waals surface area contributed by atoms with Gasteiger partial charge in [0.15, 0.2) is 5.65 Å². The Morgan fingerprint density at radius 3 is 2.77 bits per heavy atom. The number of carbonyl (C=O) groups is 1. The highest BCUT2D eigenvalue weighted by molar-refractivity contribution is 7.92. The molecule has 0 saturated heterocycles. The zero-order chi connectivity index (χ0) is 22.0. The number of benzene rings is 1. The van der Waals surface area contributed by atoms with Gasteiger partial charge in [0.05, 0.1) is 33.8 Å². The SMILES string of the molecule is CCCCS(=O)(=O)N(C)c1cccc(-c2ccnc3c(C(=O)c4cccs4)cnn23)c1. The van der Waals surface area contributed by atoms with E-state index >= 15 is 0 Å².